The van der Waals surface area contributed by atoms with Crippen molar-refractivity contribution in [1.82, 2.24) is 9.88 Å². The summed E-state index contributed by atoms with van der Waals surface area (Å²) in [5.74, 6) is 0. The molecule has 2 atom stereocenters. The number of carbonyl (C=O) groups excluding carboxylic acids is 1. The topological polar surface area (TPSA) is 51.7 Å². The molecule has 5 nitrogen and oxygen atoms in total. The average molecular weight is 334 g/mol. The molecule has 1 amide bonds. The number of nitrogens with zero attached hydrogens (tertiary/aromatic N) is 2. The van der Waals surface area contributed by atoms with Gasteiger partial charge in [0.2, 0.25) is 0 Å². The van der Waals surface area contributed by atoms with Gasteiger partial charge in [-0.15, -0.1) is 0 Å². The Labute approximate surface area is 145 Å². The van der Waals surface area contributed by atoms with E-state index in [1.807, 2.05) is 50.8 Å². The normalized spacial score (nSPS) is 19.8. The van der Waals surface area contributed by atoms with Crippen LogP contribution in [0.25, 0.3) is 0 Å². The fourth-order valence-electron chi connectivity index (χ4n) is 2.94. The van der Waals surface area contributed by atoms with Crippen LogP contribution in [0.1, 0.15) is 65.2 Å². The molecule has 1 aliphatic heterocycles. The van der Waals surface area contributed by atoms with Gasteiger partial charge in [-0.2, -0.15) is 0 Å². The Hall–Kier alpha value is -1.62. The molecule has 1 aromatic rings. The van der Waals surface area contributed by atoms with Crippen molar-refractivity contribution in [2.45, 2.75) is 71.1 Å². The standard InChI is InChI=1S/C19H30N2O3/c1-15(17-10-5-7-12-20-17)23-14-11-16-9-6-8-13-21(16)18(22)24-19(2,3)4/h5,7,10,12,15-16H,6,8-9,11,13-14H2,1-4H3/t15-,16-/m1/s1. The first-order valence-corrected chi connectivity index (χ1v) is 8.89. The maximum Gasteiger partial charge on any atom is 0.410 e. The Morgan fingerprint density at radius 2 is 2.17 bits per heavy atom. The van der Waals surface area contributed by atoms with Crippen molar-refractivity contribution in [3.63, 3.8) is 0 Å². The molecule has 24 heavy (non-hydrogen) atoms. The molecule has 134 valence electrons. The predicted molar refractivity (Wildman–Crippen MR) is 93.8 cm³/mol. The fourth-order valence-corrected chi connectivity index (χ4v) is 2.94. The minimum atomic E-state index is -0.455. The van der Waals surface area contributed by atoms with Gasteiger partial charge in [0.15, 0.2) is 0 Å². The average Bonchev–Trinajstić information content (AvgIpc) is 2.54. The molecule has 1 aromatic heterocycles. The van der Waals surface area contributed by atoms with Crippen LogP contribution in [0.4, 0.5) is 4.79 Å². The Morgan fingerprint density at radius 3 is 2.83 bits per heavy atom. The Kier molecular flexibility index (Phi) is 6.60. The minimum Gasteiger partial charge on any atom is -0.444 e. The number of aromatic nitrogens is 1. The van der Waals surface area contributed by atoms with Gasteiger partial charge in [-0.1, -0.05) is 6.07 Å². The lowest BCUT2D eigenvalue weighted by atomic mass is 10.0. The molecule has 0 aromatic carbocycles. The van der Waals surface area contributed by atoms with Gasteiger partial charge in [-0.3, -0.25) is 4.98 Å². The summed E-state index contributed by atoms with van der Waals surface area (Å²) in [5, 5.41) is 0. The van der Waals surface area contributed by atoms with Crippen molar-refractivity contribution in [2.75, 3.05) is 13.2 Å². The second-order valence-electron chi connectivity index (χ2n) is 7.38. The molecule has 1 saturated heterocycles. The Balaban J connectivity index is 1.84. The van der Waals surface area contributed by atoms with Crippen LogP contribution in [0.3, 0.4) is 0 Å². The van der Waals surface area contributed by atoms with Gasteiger partial charge in [0, 0.05) is 25.4 Å². The van der Waals surface area contributed by atoms with Crippen LogP contribution in [-0.4, -0.2) is 40.8 Å². The molecule has 0 saturated carbocycles. The van der Waals surface area contributed by atoms with Crippen LogP contribution in [0.5, 0.6) is 0 Å². The minimum absolute atomic E-state index is 0.0373. The zero-order valence-corrected chi connectivity index (χ0v) is 15.3. The highest BCUT2D eigenvalue weighted by molar-refractivity contribution is 5.68. The van der Waals surface area contributed by atoms with Crippen molar-refractivity contribution >= 4 is 6.09 Å². The first kappa shape index (κ1) is 18.7. The van der Waals surface area contributed by atoms with Crippen molar-refractivity contribution in [2.24, 2.45) is 0 Å². The summed E-state index contributed by atoms with van der Waals surface area (Å²) in [5.41, 5.74) is 0.480. The van der Waals surface area contributed by atoms with Crippen LogP contribution in [0.2, 0.25) is 0 Å². The molecular weight excluding hydrogens is 304 g/mol. The van der Waals surface area contributed by atoms with Crippen LogP contribution in [0, 0.1) is 0 Å². The number of hydrogen-bond acceptors (Lipinski definition) is 4. The second kappa shape index (κ2) is 8.47. The monoisotopic (exact) mass is 334 g/mol. The number of amides is 1. The van der Waals surface area contributed by atoms with E-state index in [-0.39, 0.29) is 18.2 Å². The maximum absolute atomic E-state index is 12.4. The van der Waals surface area contributed by atoms with Crippen molar-refractivity contribution in [1.29, 1.82) is 0 Å². The molecule has 0 aliphatic carbocycles. The van der Waals surface area contributed by atoms with Gasteiger partial charge in [0.25, 0.3) is 0 Å². The molecule has 1 fully saturated rings. The Bertz CT molecular complexity index is 513. The summed E-state index contributed by atoms with van der Waals surface area (Å²) in [6, 6.07) is 6.03. The summed E-state index contributed by atoms with van der Waals surface area (Å²) in [6.45, 7) is 9.11. The van der Waals surface area contributed by atoms with E-state index in [9.17, 15) is 4.79 Å². The zero-order valence-electron chi connectivity index (χ0n) is 15.3. The summed E-state index contributed by atoms with van der Waals surface area (Å²) < 4.78 is 11.5. The zero-order chi connectivity index (χ0) is 17.6. The SMILES string of the molecule is C[C@@H](OCC[C@H]1CCCCN1C(=O)OC(C)(C)C)c1ccccn1. The van der Waals surface area contributed by atoms with E-state index in [0.29, 0.717) is 6.61 Å². The number of ether oxygens (including phenoxy) is 2. The maximum atomic E-state index is 12.4. The largest absolute Gasteiger partial charge is 0.444 e. The number of carbonyl (C=O) groups is 1. The van der Waals surface area contributed by atoms with Gasteiger partial charge in [0.1, 0.15) is 5.60 Å². The smallest absolute Gasteiger partial charge is 0.410 e. The molecule has 0 bridgehead atoms. The third-order valence-corrected chi connectivity index (χ3v) is 4.18. The highest BCUT2D eigenvalue weighted by atomic mass is 16.6. The molecule has 2 heterocycles. The van der Waals surface area contributed by atoms with Crippen molar-refractivity contribution in [3.05, 3.63) is 30.1 Å². The first-order chi connectivity index (χ1) is 11.4. The summed E-state index contributed by atoms with van der Waals surface area (Å²) in [7, 11) is 0. The van der Waals surface area contributed by atoms with E-state index in [4.69, 9.17) is 9.47 Å². The third-order valence-electron chi connectivity index (χ3n) is 4.18. The fraction of sp³-hybridized carbons (Fsp3) is 0.684. The first-order valence-electron chi connectivity index (χ1n) is 8.89. The molecule has 0 N–H and O–H groups in total. The number of likely N-dealkylation sites (tertiary alicyclic amines) is 1. The van der Waals surface area contributed by atoms with Gasteiger partial charge in [-0.05, 0) is 65.5 Å². The van der Waals surface area contributed by atoms with E-state index in [0.717, 1.165) is 37.9 Å². The molecule has 0 radical (unpaired) electrons. The van der Waals surface area contributed by atoms with Crippen LogP contribution < -0.4 is 0 Å². The van der Waals surface area contributed by atoms with E-state index in [2.05, 4.69) is 4.98 Å². The summed E-state index contributed by atoms with van der Waals surface area (Å²) in [4.78, 5) is 18.6. The third kappa shape index (κ3) is 5.78. The summed E-state index contributed by atoms with van der Waals surface area (Å²) in [6.07, 6.45) is 5.58. The van der Waals surface area contributed by atoms with Crippen LogP contribution in [-0.2, 0) is 9.47 Å². The van der Waals surface area contributed by atoms with Crippen molar-refractivity contribution in [3.8, 4) is 0 Å². The van der Waals surface area contributed by atoms with Crippen molar-refractivity contribution < 1.29 is 14.3 Å². The molecule has 5 heteroatoms. The predicted octanol–water partition coefficient (Wildman–Crippen LogP) is 4.34. The highest BCUT2D eigenvalue weighted by Crippen LogP contribution is 2.23. The molecule has 2 rings (SSSR count). The highest BCUT2D eigenvalue weighted by Gasteiger charge is 2.30. The van der Waals surface area contributed by atoms with E-state index in [1.165, 1.54) is 0 Å². The second-order valence-corrected chi connectivity index (χ2v) is 7.38. The molecule has 0 spiro atoms. The van der Waals surface area contributed by atoms with Gasteiger partial charge in [0.05, 0.1) is 11.8 Å². The lowest BCUT2D eigenvalue weighted by molar-refractivity contribution is -0.000603. The number of hydrogen-bond donors (Lipinski definition) is 0. The van der Waals surface area contributed by atoms with Gasteiger partial charge in [-0.25, -0.2) is 4.79 Å². The number of pyridine rings is 1. The summed E-state index contributed by atoms with van der Waals surface area (Å²) >= 11 is 0. The quantitative estimate of drug-likeness (QED) is 0.804. The Morgan fingerprint density at radius 1 is 1.38 bits per heavy atom. The van der Waals surface area contributed by atoms with Gasteiger partial charge >= 0.3 is 6.09 Å². The van der Waals surface area contributed by atoms with E-state index in [1.54, 1.807) is 6.20 Å². The molecular formula is C19H30N2O3. The van der Waals surface area contributed by atoms with E-state index >= 15 is 0 Å². The molecule has 1 aliphatic rings. The van der Waals surface area contributed by atoms with E-state index < -0.39 is 5.60 Å². The number of piperidine rings is 1. The lowest BCUT2D eigenvalue weighted by Crippen LogP contribution is -2.46. The molecule has 0 unspecified atom stereocenters. The van der Waals surface area contributed by atoms with Gasteiger partial charge < -0.3 is 14.4 Å². The van der Waals surface area contributed by atoms with Crippen LogP contribution >= 0.6 is 0 Å². The number of rotatable bonds is 5. The van der Waals surface area contributed by atoms with Crippen LogP contribution in [0.15, 0.2) is 24.4 Å². The lowest BCUT2D eigenvalue weighted by Gasteiger charge is -2.37.